The molecule has 0 unspecified atom stereocenters. The van der Waals surface area contributed by atoms with Gasteiger partial charge in [0.25, 0.3) is 0 Å². The number of carbonyl (C=O) groups excluding carboxylic acids is 2. The Morgan fingerprint density at radius 3 is 2.70 bits per heavy atom. The fraction of sp³-hybridized carbons (Fsp3) is 0.333. The Hall–Kier alpha value is -2.73. The second kappa shape index (κ2) is 8.77. The molecule has 0 saturated carbocycles. The van der Waals surface area contributed by atoms with Crippen LogP contribution in [0.2, 0.25) is 0 Å². The molecule has 1 aliphatic heterocycles. The number of halogens is 1. The van der Waals surface area contributed by atoms with Crippen molar-refractivity contribution in [2.45, 2.75) is 12.8 Å². The minimum atomic E-state index is -0.284. The molecule has 2 aromatic carbocycles. The van der Waals surface area contributed by atoms with Gasteiger partial charge in [-0.05, 0) is 48.2 Å². The number of benzene rings is 2. The van der Waals surface area contributed by atoms with Crippen LogP contribution in [0.25, 0.3) is 11.1 Å². The zero-order valence-corrected chi connectivity index (χ0v) is 15.3. The van der Waals surface area contributed by atoms with Gasteiger partial charge in [0.05, 0.1) is 5.92 Å². The average molecular weight is 370 g/mol. The minimum absolute atomic E-state index is 0.0358. The van der Waals surface area contributed by atoms with Crippen LogP contribution in [0, 0.1) is 11.7 Å². The summed E-state index contributed by atoms with van der Waals surface area (Å²) >= 11 is 0. The summed E-state index contributed by atoms with van der Waals surface area (Å²) in [5.41, 5.74) is 2.46. The molecule has 5 nitrogen and oxygen atoms in total. The Morgan fingerprint density at radius 1 is 1.19 bits per heavy atom. The first-order valence-electron chi connectivity index (χ1n) is 9.00. The van der Waals surface area contributed by atoms with E-state index in [1.54, 1.807) is 17.0 Å². The number of nitrogens with one attached hydrogen (secondary N) is 1. The van der Waals surface area contributed by atoms with Gasteiger partial charge < -0.3 is 15.0 Å². The van der Waals surface area contributed by atoms with Crippen molar-refractivity contribution in [1.29, 1.82) is 0 Å². The number of nitrogens with zero attached hydrogens (tertiary/aromatic N) is 1. The van der Waals surface area contributed by atoms with E-state index in [9.17, 15) is 14.0 Å². The Bertz CT molecular complexity index is 807. The predicted molar refractivity (Wildman–Crippen MR) is 102 cm³/mol. The molecule has 1 atom stereocenters. The van der Waals surface area contributed by atoms with Gasteiger partial charge in [0.2, 0.25) is 11.8 Å². The molecule has 2 aromatic rings. The summed E-state index contributed by atoms with van der Waals surface area (Å²) in [6.45, 7) is 1.10. The normalized spacial score (nSPS) is 16.8. The van der Waals surface area contributed by atoms with Crippen molar-refractivity contribution >= 4 is 17.5 Å². The Morgan fingerprint density at radius 2 is 1.96 bits per heavy atom. The first kappa shape index (κ1) is 19.0. The highest BCUT2D eigenvalue weighted by molar-refractivity contribution is 5.94. The van der Waals surface area contributed by atoms with Gasteiger partial charge in [0.1, 0.15) is 12.4 Å². The number of piperidine rings is 1. The molecule has 3 rings (SSSR count). The average Bonchev–Trinajstić information content (AvgIpc) is 2.69. The second-order valence-electron chi connectivity index (χ2n) is 6.69. The maximum absolute atomic E-state index is 13.1. The number of rotatable bonds is 5. The van der Waals surface area contributed by atoms with Crippen molar-refractivity contribution in [2.24, 2.45) is 5.92 Å². The number of hydrogen-bond acceptors (Lipinski definition) is 3. The lowest BCUT2D eigenvalue weighted by molar-refractivity contribution is -0.138. The lowest BCUT2D eigenvalue weighted by Crippen LogP contribution is -2.45. The summed E-state index contributed by atoms with van der Waals surface area (Å²) < 4.78 is 18.0. The van der Waals surface area contributed by atoms with Crippen LogP contribution in [-0.4, -0.2) is 43.5 Å². The van der Waals surface area contributed by atoms with Gasteiger partial charge in [-0.25, -0.2) is 4.39 Å². The van der Waals surface area contributed by atoms with Crippen molar-refractivity contribution in [2.75, 3.05) is 32.1 Å². The highest BCUT2D eigenvalue weighted by Crippen LogP contribution is 2.24. The van der Waals surface area contributed by atoms with Crippen LogP contribution in [0.1, 0.15) is 12.8 Å². The van der Waals surface area contributed by atoms with E-state index >= 15 is 0 Å². The van der Waals surface area contributed by atoms with Crippen molar-refractivity contribution in [3.63, 3.8) is 0 Å². The van der Waals surface area contributed by atoms with E-state index in [0.29, 0.717) is 18.8 Å². The minimum Gasteiger partial charge on any atom is -0.375 e. The predicted octanol–water partition coefficient (Wildman–Crippen LogP) is 3.32. The third-order valence-electron chi connectivity index (χ3n) is 4.72. The maximum atomic E-state index is 13.1. The summed E-state index contributed by atoms with van der Waals surface area (Å²) in [6.07, 6.45) is 1.55. The highest BCUT2D eigenvalue weighted by Gasteiger charge is 2.28. The molecule has 0 aliphatic carbocycles. The topological polar surface area (TPSA) is 58.6 Å². The Kier molecular flexibility index (Phi) is 6.19. The zero-order chi connectivity index (χ0) is 19.2. The van der Waals surface area contributed by atoms with Gasteiger partial charge in [0, 0.05) is 25.9 Å². The van der Waals surface area contributed by atoms with Crippen LogP contribution in [0.4, 0.5) is 10.1 Å². The number of carbonyl (C=O) groups is 2. The van der Waals surface area contributed by atoms with Crippen LogP contribution in [0.15, 0.2) is 48.5 Å². The Labute approximate surface area is 158 Å². The molecule has 2 amide bonds. The van der Waals surface area contributed by atoms with Crippen LogP contribution in [0.5, 0.6) is 0 Å². The van der Waals surface area contributed by atoms with Gasteiger partial charge in [-0.1, -0.05) is 24.3 Å². The molecule has 1 fully saturated rings. The van der Waals surface area contributed by atoms with E-state index in [1.165, 1.54) is 19.2 Å². The number of likely N-dealkylation sites (tertiary alicyclic amines) is 1. The van der Waals surface area contributed by atoms with E-state index in [4.69, 9.17) is 4.74 Å². The van der Waals surface area contributed by atoms with Crippen molar-refractivity contribution < 1.29 is 18.7 Å². The second-order valence-corrected chi connectivity index (χ2v) is 6.69. The van der Waals surface area contributed by atoms with Gasteiger partial charge in [-0.3, -0.25) is 9.59 Å². The molecule has 1 saturated heterocycles. The standard InChI is InChI=1S/C21H23FN2O3/c1-27-14-20(25)24-11-3-5-17(13-24)21(26)23-19-6-2-4-16(12-19)15-7-9-18(22)10-8-15/h2,4,6-10,12,17H,3,5,11,13-14H2,1H3,(H,23,26)/t17-/m1/s1. The lowest BCUT2D eigenvalue weighted by atomic mass is 9.96. The third kappa shape index (κ3) is 4.92. The first-order chi connectivity index (χ1) is 13.1. The van der Waals surface area contributed by atoms with Crippen LogP contribution < -0.4 is 5.32 Å². The number of ether oxygens (including phenoxy) is 1. The smallest absolute Gasteiger partial charge is 0.248 e. The summed E-state index contributed by atoms with van der Waals surface area (Å²) in [5, 5.41) is 2.94. The van der Waals surface area contributed by atoms with Crippen molar-refractivity contribution in [3.05, 3.63) is 54.3 Å². The van der Waals surface area contributed by atoms with E-state index in [0.717, 1.165) is 24.0 Å². The summed E-state index contributed by atoms with van der Waals surface area (Å²) in [4.78, 5) is 26.3. The molecule has 1 heterocycles. The monoisotopic (exact) mass is 370 g/mol. The van der Waals surface area contributed by atoms with Crippen LogP contribution >= 0.6 is 0 Å². The van der Waals surface area contributed by atoms with Gasteiger partial charge in [0.15, 0.2) is 0 Å². The maximum Gasteiger partial charge on any atom is 0.248 e. The van der Waals surface area contributed by atoms with E-state index in [-0.39, 0.29) is 30.2 Å². The molecular weight excluding hydrogens is 347 g/mol. The quantitative estimate of drug-likeness (QED) is 0.878. The molecule has 142 valence electrons. The van der Waals surface area contributed by atoms with Crippen molar-refractivity contribution in [3.8, 4) is 11.1 Å². The summed E-state index contributed by atoms with van der Waals surface area (Å²) in [5.74, 6) is -0.711. The van der Waals surface area contributed by atoms with Crippen LogP contribution in [0.3, 0.4) is 0 Å². The number of anilines is 1. The molecule has 1 N–H and O–H groups in total. The van der Waals surface area contributed by atoms with E-state index < -0.39 is 0 Å². The largest absolute Gasteiger partial charge is 0.375 e. The highest BCUT2D eigenvalue weighted by atomic mass is 19.1. The molecule has 0 bridgehead atoms. The summed E-state index contributed by atoms with van der Waals surface area (Å²) in [6, 6.07) is 13.7. The fourth-order valence-corrected chi connectivity index (χ4v) is 3.30. The molecule has 0 radical (unpaired) electrons. The van der Waals surface area contributed by atoms with Gasteiger partial charge in [-0.2, -0.15) is 0 Å². The van der Waals surface area contributed by atoms with Crippen molar-refractivity contribution in [1.82, 2.24) is 4.90 Å². The summed E-state index contributed by atoms with van der Waals surface area (Å²) in [7, 11) is 1.49. The lowest BCUT2D eigenvalue weighted by Gasteiger charge is -2.32. The third-order valence-corrected chi connectivity index (χ3v) is 4.72. The number of amides is 2. The molecule has 1 aliphatic rings. The first-order valence-corrected chi connectivity index (χ1v) is 9.00. The van der Waals surface area contributed by atoms with E-state index in [2.05, 4.69) is 5.32 Å². The Balaban J connectivity index is 1.66. The molecule has 27 heavy (non-hydrogen) atoms. The number of hydrogen-bond donors (Lipinski definition) is 1. The fourth-order valence-electron chi connectivity index (χ4n) is 3.30. The number of methoxy groups -OCH3 is 1. The van der Waals surface area contributed by atoms with E-state index in [1.807, 2.05) is 24.3 Å². The molecule has 6 heteroatoms. The van der Waals surface area contributed by atoms with Crippen LogP contribution in [-0.2, 0) is 14.3 Å². The molecule has 0 aromatic heterocycles. The molecular formula is C21H23FN2O3. The zero-order valence-electron chi connectivity index (χ0n) is 15.3. The molecule has 0 spiro atoms. The van der Waals surface area contributed by atoms with Gasteiger partial charge in [-0.15, -0.1) is 0 Å². The SMILES string of the molecule is COCC(=O)N1CCC[C@@H](C(=O)Nc2cccc(-c3ccc(F)cc3)c2)C1. The van der Waals surface area contributed by atoms with Gasteiger partial charge >= 0.3 is 0 Å².